The zero-order valence-corrected chi connectivity index (χ0v) is 18.1. The lowest BCUT2D eigenvalue weighted by molar-refractivity contribution is -0.145. The van der Waals surface area contributed by atoms with Crippen molar-refractivity contribution in [1.82, 2.24) is 0 Å². The van der Waals surface area contributed by atoms with Gasteiger partial charge in [-0.3, -0.25) is 4.79 Å². The highest BCUT2D eigenvalue weighted by molar-refractivity contribution is 5.73. The Balaban J connectivity index is 1.62. The van der Waals surface area contributed by atoms with Gasteiger partial charge in [0, 0.05) is 12.7 Å². The largest absolute Gasteiger partial charge is 0.469 e. The first-order valence-corrected chi connectivity index (χ1v) is 11.1. The molecule has 4 rings (SSSR count). The maximum atomic E-state index is 12.7. The molecular weight excluding hydrogens is 376 g/mol. The standard InChI is InChI=1S/C26H32O4/c1-29-25(27)23(13-17-10-11-18-6-3-4-7-19(18)12-17)15-22-14-20-8-5-9-21(20)16-24(22)26(28)30-2/h10-12,14,16,23,26,28H,3-9,13,15H2,1-2H3/t23-,26-/m0/s1. The zero-order chi connectivity index (χ0) is 21.1. The Hall–Kier alpha value is -2.17. The number of carbonyl (C=O) groups is 1. The average Bonchev–Trinajstić information content (AvgIpc) is 3.24. The van der Waals surface area contributed by atoms with Crippen LogP contribution in [0.2, 0.25) is 0 Å². The molecule has 0 radical (unpaired) electrons. The van der Waals surface area contributed by atoms with Gasteiger partial charge in [-0.15, -0.1) is 0 Å². The molecule has 2 aromatic rings. The number of aliphatic hydroxyl groups excluding tert-OH is 1. The quantitative estimate of drug-likeness (QED) is 0.549. The van der Waals surface area contributed by atoms with Crippen molar-refractivity contribution in [3.05, 3.63) is 69.3 Å². The summed E-state index contributed by atoms with van der Waals surface area (Å²) >= 11 is 0. The summed E-state index contributed by atoms with van der Waals surface area (Å²) in [7, 11) is 2.96. The van der Waals surface area contributed by atoms with Crippen LogP contribution in [0.4, 0.5) is 0 Å². The molecule has 1 N–H and O–H groups in total. The number of esters is 1. The minimum atomic E-state index is -0.979. The molecule has 0 amide bonds. The van der Waals surface area contributed by atoms with E-state index in [-0.39, 0.29) is 11.9 Å². The first kappa shape index (κ1) is 21.1. The second kappa shape index (κ2) is 9.32. The highest BCUT2D eigenvalue weighted by atomic mass is 16.6. The van der Waals surface area contributed by atoms with Crippen molar-refractivity contribution < 1.29 is 19.4 Å². The summed E-state index contributed by atoms with van der Waals surface area (Å²) in [5, 5.41) is 10.4. The summed E-state index contributed by atoms with van der Waals surface area (Å²) in [5.41, 5.74) is 8.43. The first-order valence-electron chi connectivity index (χ1n) is 11.1. The van der Waals surface area contributed by atoms with Crippen LogP contribution in [0.15, 0.2) is 30.3 Å². The molecule has 4 heteroatoms. The third-order valence-corrected chi connectivity index (χ3v) is 6.74. The van der Waals surface area contributed by atoms with Gasteiger partial charge in [-0.1, -0.05) is 30.3 Å². The summed E-state index contributed by atoms with van der Waals surface area (Å²) in [4.78, 5) is 12.7. The van der Waals surface area contributed by atoms with E-state index in [9.17, 15) is 9.90 Å². The fraction of sp³-hybridized carbons (Fsp3) is 0.500. The van der Waals surface area contributed by atoms with Crippen LogP contribution in [0.1, 0.15) is 64.5 Å². The van der Waals surface area contributed by atoms with E-state index < -0.39 is 6.29 Å². The van der Waals surface area contributed by atoms with Gasteiger partial charge in [-0.2, -0.15) is 0 Å². The van der Waals surface area contributed by atoms with E-state index in [1.165, 1.54) is 54.9 Å². The summed E-state index contributed by atoms with van der Waals surface area (Å²) in [6, 6.07) is 10.9. The lowest BCUT2D eigenvalue weighted by atomic mass is 9.86. The van der Waals surface area contributed by atoms with E-state index in [0.717, 1.165) is 43.2 Å². The molecule has 0 spiro atoms. The molecule has 0 aliphatic heterocycles. The van der Waals surface area contributed by atoms with E-state index in [0.29, 0.717) is 12.8 Å². The molecule has 0 bridgehead atoms. The lowest BCUT2D eigenvalue weighted by Gasteiger charge is -2.22. The van der Waals surface area contributed by atoms with Crippen LogP contribution in [0.3, 0.4) is 0 Å². The van der Waals surface area contributed by atoms with Crippen LogP contribution in [0.5, 0.6) is 0 Å². The van der Waals surface area contributed by atoms with Gasteiger partial charge in [0.05, 0.1) is 13.0 Å². The molecular formula is C26H32O4. The SMILES string of the molecule is COC(=O)[C@@H](Cc1ccc2c(c1)CCCC2)Cc1cc2c(cc1[C@@H](O)OC)CCC2. The second-order valence-corrected chi connectivity index (χ2v) is 8.70. The van der Waals surface area contributed by atoms with Crippen LogP contribution < -0.4 is 0 Å². The van der Waals surface area contributed by atoms with Gasteiger partial charge >= 0.3 is 5.97 Å². The number of benzene rings is 2. The van der Waals surface area contributed by atoms with Crippen molar-refractivity contribution in [1.29, 1.82) is 0 Å². The Morgan fingerprint density at radius 3 is 2.30 bits per heavy atom. The minimum absolute atomic E-state index is 0.203. The normalized spacial score (nSPS) is 17.2. The van der Waals surface area contributed by atoms with Gasteiger partial charge in [0.2, 0.25) is 0 Å². The van der Waals surface area contributed by atoms with Crippen LogP contribution in [0, 0.1) is 5.92 Å². The molecule has 0 fully saturated rings. The van der Waals surface area contributed by atoms with Crippen molar-refractivity contribution in [3.63, 3.8) is 0 Å². The lowest BCUT2D eigenvalue weighted by Crippen LogP contribution is -2.22. The molecule has 2 aliphatic carbocycles. The molecule has 0 saturated carbocycles. The fourth-order valence-electron chi connectivity index (χ4n) is 5.10. The van der Waals surface area contributed by atoms with Crippen LogP contribution in [-0.2, 0) is 52.8 Å². The predicted molar refractivity (Wildman–Crippen MR) is 116 cm³/mol. The van der Waals surface area contributed by atoms with E-state index in [1.807, 2.05) is 0 Å². The van der Waals surface area contributed by atoms with Crippen molar-refractivity contribution in [2.75, 3.05) is 14.2 Å². The minimum Gasteiger partial charge on any atom is -0.469 e. The number of aryl methyl sites for hydroxylation is 4. The third kappa shape index (κ3) is 4.45. The van der Waals surface area contributed by atoms with Crippen LogP contribution in [0.25, 0.3) is 0 Å². The van der Waals surface area contributed by atoms with Gasteiger partial charge in [-0.25, -0.2) is 0 Å². The third-order valence-electron chi connectivity index (χ3n) is 6.74. The maximum Gasteiger partial charge on any atom is 0.309 e. The average molecular weight is 409 g/mol. The topological polar surface area (TPSA) is 55.8 Å². The second-order valence-electron chi connectivity index (χ2n) is 8.70. The van der Waals surface area contributed by atoms with E-state index in [4.69, 9.17) is 9.47 Å². The van der Waals surface area contributed by atoms with Crippen LogP contribution >= 0.6 is 0 Å². The summed E-state index contributed by atoms with van der Waals surface area (Å²) < 4.78 is 10.4. The number of fused-ring (bicyclic) bond motifs is 2. The van der Waals surface area contributed by atoms with Crippen molar-refractivity contribution in [2.45, 2.75) is 64.1 Å². The smallest absolute Gasteiger partial charge is 0.309 e. The van der Waals surface area contributed by atoms with E-state index in [1.54, 1.807) is 0 Å². The number of carbonyl (C=O) groups excluding carboxylic acids is 1. The van der Waals surface area contributed by atoms with Gasteiger partial charge < -0.3 is 14.6 Å². The number of hydrogen-bond donors (Lipinski definition) is 1. The number of methoxy groups -OCH3 is 2. The molecule has 2 aliphatic rings. The molecule has 0 heterocycles. The molecule has 0 saturated heterocycles. The zero-order valence-electron chi connectivity index (χ0n) is 18.1. The molecule has 2 aromatic carbocycles. The highest BCUT2D eigenvalue weighted by Crippen LogP contribution is 2.32. The van der Waals surface area contributed by atoms with Crippen LogP contribution in [-0.4, -0.2) is 25.3 Å². The molecule has 0 unspecified atom stereocenters. The van der Waals surface area contributed by atoms with E-state index >= 15 is 0 Å². The Labute approximate surface area is 179 Å². The first-order chi connectivity index (χ1) is 14.6. The van der Waals surface area contributed by atoms with Crippen molar-refractivity contribution >= 4 is 5.97 Å². The van der Waals surface area contributed by atoms with E-state index in [2.05, 4.69) is 30.3 Å². The monoisotopic (exact) mass is 408 g/mol. The Bertz CT molecular complexity index is 917. The van der Waals surface area contributed by atoms with Crippen molar-refractivity contribution in [3.8, 4) is 0 Å². The van der Waals surface area contributed by atoms with Gasteiger partial charge in [0.15, 0.2) is 6.29 Å². The summed E-state index contributed by atoms with van der Waals surface area (Å²) in [6.07, 6.45) is 8.21. The number of rotatable bonds is 7. The highest BCUT2D eigenvalue weighted by Gasteiger charge is 2.26. The molecule has 0 aromatic heterocycles. The summed E-state index contributed by atoms with van der Waals surface area (Å²) in [5.74, 6) is -0.495. The fourth-order valence-corrected chi connectivity index (χ4v) is 5.10. The Kier molecular flexibility index (Phi) is 6.55. The molecule has 2 atom stereocenters. The Morgan fingerprint density at radius 2 is 1.57 bits per heavy atom. The van der Waals surface area contributed by atoms with Gasteiger partial charge in [-0.05, 0) is 91.2 Å². The van der Waals surface area contributed by atoms with Crippen molar-refractivity contribution in [2.24, 2.45) is 5.92 Å². The number of aliphatic hydroxyl groups is 1. The summed E-state index contributed by atoms with van der Waals surface area (Å²) in [6.45, 7) is 0. The molecule has 4 nitrogen and oxygen atoms in total. The Morgan fingerprint density at radius 1 is 0.900 bits per heavy atom. The maximum absolute atomic E-state index is 12.7. The van der Waals surface area contributed by atoms with Gasteiger partial charge in [0.25, 0.3) is 0 Å². The molecule has 30 heavy (non-hydrogen) atoms. The van der Waals surface area contributed by atoms with Gasteiger partial charge in [0.1, 0.15) is 0 Å². The molecule has 160 valence electrons. The number of hydrogen-bond acceptors (Lipinski definition) is 4. The predicted octanol–water partition coefficient (Wildman–Crippen LogP) is 4.27. The number of ether oxygens (including phenoxy) is 2.